The molecule has 1 aromatic carbocycles. The van der Waals surface area contributed by atoms with Crippen LogP contribution < -0.4 is 0 Å². The van der Waals surface area contributed by atoms with Crippen molar-refractivity contribution in [3.63, 3.8) is 0 Å². The predicted octanol–water partition coefficient (Wildman–Crippen LogP) is 0.0986. The van der Waals surface area contributed by atoms with E-state index in [2.05, 4.69) is 10.1 Å². The molecule has 2 N–H and O–H groups in total. The topological polar surface area (TPSA) is 88.2 Å². The second kappa shape index (κ2) is 4.34. The van der Waals surface area contributed by atoms with Gasteiger partial charge in [-0.3, -0.25) is 0 Å². The first-order valence-corrected chi connectivity index (χ1v) is 4.96. The predicted molar refractivity (Wildman–Crippen MR) is 58.3 cm³/mol. The number of hydrogen-bond acceptors (Lipinski definition) is 4. The van der Waals surface area contributed by atoms with Crippen molar-refractivity contribution in [1.82, 2.24) is 14.8 Å². The minimum atomic E-state index is -1.63. The van der Waals surface area contributed by atoms with E-state index in [0.29, 0.717) is 5.56 Å². The van der Waals surface area contributed by atoms with Crippen molar-refractivity contribution < 1.29 is 15.0 Å². The molecule has 1 unspecified atom stereocenters. The summed E-state index contributed by atoms with van der Waals surface area (Å²) in [7, 11) is 0. The summed E-state index contributed by atoms with van der Waals surface area (Å²) in [6.07, 6.45) is 2.51. The van der Waals surface area contributed by atoms with Crippen LogP contribution >= 0.6 is 0 Å². The molecule has 0 amide bonds. The average Bonchev–Trinajstić information content (AvgIpc) is 2.86. The Hall–Kier alpha value is -2.21. The van der Waals surface area contributed by atoms with Gasteiger partial charge in [-0.15, -0.1) is 0 Å². The van der Waals surface area contributed by atoms with Gasteiger partial charge in [0.2, 0.25) is 5.54 Å². The summed E-state index contributed by atoms with van der Waals surface area (Å²) in [4.78, 5) is 15.2. The maximum Gasteiger partial charge on any atom is 0.338 e. The highest BCUT2D eigenvalue weighted by Crippen LogP contribution is 2.25. The highest BCUT2D eigenvalue weighted by molar-refractivity contribution is 5.81. The van der Waals surface area contributed by atoms with E-state index < -0.39 is 18.1 Å². The van der Waals surface area contributed by atoms with E-state index in [-0.39, 0.29) is 0 Å². The number of carbonyl (C=O) groups is 1. The van der Waals surface area contributed by atoms with Gasteiger partial charge in [-0.05, 0) is 5.56 Å². The fourth-order valence-corrected chi connectivity index (χ4v) is 1.70. The van der Waals surface area contributed by atoms with Crippen LogP contribution in [0, 0.1) is 0 Å². The van der Waals surface area contributed by atoms with Crippen LogP contribution in [0.15, 0.2) is 43.0 Å². The molecule has 0 spiro atoms. The quantitative estimate of drug-likeness (QED) is 0.781. The van der Waals surface area contributed by atoms with E-state index in [0.717, 1.165) is 4.68 Å². The fraction of sp³-hybridized carbons (Fsp3) is 0.182. The highest BCUT2D eigenvalue weighted by Gasteiger charge is 2.43. The van der Waals surface area contributed by atoms with Gasteiger partial charge in [0.15, 0.2) is 0 Å². The fourth-order valence-electron chi connectivity index (χ4n) is 1.70. The van der Waals surface area contributed by atoms with Crippen molar-refractivity contribution in [2.75, 3.05) is 6.61 Å². The molecule has 0 fully saturated rings. The lowest BCUT2D eigenvalue weighted by Gasteiger charge is -2.27. The number of rotatable bonds is 4. The minimum Gasteiger partial charge on any atom is -0.479 e. The Morgan fingerprint density at radius 1 is 1.35 bits per heavy atom. The SMILES string of the molecule is O=C(O)C(CO)(c1ccccc1)n1cncn1. The molecule has 1 atom stereocenters. The van der Waals surface area contributed by atoms with Crippen LogP contribution in [-0.2, 0) is 10.3 Å². The molecular weight excluding hydrogens is 222 g/mol. The smallest absolute Gasteiger partial charge is 0.338 e. The molecular formula is C11H11N3O3. The Bertz CT molecular complexity index is 498. The Labute approximate surface area is 97.2 Å². The summed E-state index contributed by atoms with van der Waals surface area (Å²) in [5, 5.41) is 22.7. The van der Waals surface area contributed by atoms with Gasteiger partial charge in [0.05, 0.1) is 6.61 Å². The molecule has 0 aliphatic heterocycles. The number of carboxylic acid groups (broad SMARTS) is 1. The lowest BCUT2D eigenvalue weighted by Crippen LogP contribution is -2.46. The van der Waals surface area contributed by atoms with Gasteiger partial charge in [0.25, 0.3) is 0 Å². The van der Waals surface area contributed by atoms with E-state index in [9.17, 15) is 15.0 Å². The standard InChI is InChI=1S/C11H11N3O3/c15-6-11(10(16)17,14-8-12-7-13-14)9-4-2-1-3-5-9/h1-5,7-8,15H,6H2,(H,16,17). The van der Waals surface area contributed by atoms with Crippen molar-refractivity contribution >= 4 is 5.97 Å². The van der Waals surface area contributed by atoms with Crippen molar-refractivity contribution in [2.24, 2.45) is 0 Å². The Morgan fingerprint density at radius 2 is 2.06 bits per heavy atom. The van der Waals surface area contributed by atoms with Gasteiger partial charge in [0.1, 0.15) is 12.7 Å². The summed E-state index contributed by atoms with van der Waals surface area (Å²) >= 11 is 0. The van der Waals surface area contributed by atoms with Gasteiger partial charge in [-0.2, -0.15) is 5.10 Å². The molecule has 0 saturated carbocycles. The number of carboxylic acids is 1. The Kier molecular flexibility index (Phi) is 2.88. The molecule has 6 heteroatoms. The van der Waals surface area contributed by atoms with Crippen LogP contribution in [0.4, 0.5) is 0 Å². The van der Waals surface area contributed by atoms with Gasteiger partial charge < -0.3 is 10.2 Å². The third-order valence-corrected chi connectivity index (χ3v) is 2.64. The molecule has 1 aromatic heterocycles. The van der Waals surface area contributed by atoms with Gasteiger partial charge in [0, 0.05) is 0 Å². The second-order valence-electron chi connectivity index (χ2n) is 3.53. The summed E-state index contributed by atoms with van der Waals surface area (Å²) < 4.78 is 1.14. The van der Waals surface area contributed by atoms with Crippen molar-refractivity contribution in [3.05, 3.63) is 48.5 Å². The number of benzene rings is 1. The molecule has 88 valence electrons. The number of aliphatic carboxylic acids is 1. The first kappa shape index (κ1) is 11.3. The number of aliphatic hydroxyl groups is 1. The van der Waals surface area contributed by atoms with Crippen LogP contribution in [0.25, 0.3) is 0 Å². The zero-order chi connectivity index (χ0) is 12.3. The summed E-state index contributed by atoms with van der Waals surface area (Å²) in [5.41, 5.74) is -1.18. The lowest BCUT2D eigenvalue weighted by molar-refractivity contribution is -0.147. The number of aliphatic hydroxyl groups excluding tert-OH is 1. The molecule has 17 heavy (non-hydrogen) atoms. The Morgan fingerprint density at radius 3 is 2.53 bits per heavy atom. The molecule has 0 bridgehead atoms. The zero-order valence-electron chi connectivity index (χ0n) is 8.89. The third-order valence-electron chi connectivity index (χ3n) is 2.64. The molecule has 0 aliphatic carbocycles. The van der Waals surface area contributed by atoms with Crippen LogP contribution in [-0.4, -0.2) is 37.6 Å². The summed E-state index contributed by atoms with van der Waals surface area (Å²) in [5.74, 6) is -1.18. The molecule has 6 nitrogen and oxygen atoms in total. The number of aromatic nitrogens is 3. The van der Waals surface area contributed by atoms with Crippen LogP contribution in [0.5, 0.6) is 0 Å². The molecule has 0 radical (unpaired) electrons. The van der Waals surface area contributed by atoms with E-state index >= 15 is 0 Å². The summed E-state index contributed by atoms with van der Waals surface area (Å²) in [6.45, 7) is -0.601. The maximum absolute atomic E-state index is 11.5. The highest BCUT2D eigenvalue weighted by atomic mass is 16.4. The zero-order valence-corrected chi connectivity index (χ0v) is 8.89. The van der Waals surface area contributed by atoms with E-state index in [4.69, 9.17) is 0 Å². The summed E-state index contributed by atoms with van der Waals surface area (Å²) in [6, 6.07) is 8.45. The minimum absolute atomic E-state index is 0.445. The molecule has 0 aliphatic rings. The van der Waals surface area contributed by atoms with Gasteiger partial charge >= 0.3 is 5.97 Å². The monoisotopic (exact) mass is 233 g/mol. The van der Waals surface area contributed by atoms with Crippen LogP contribution in [0.2, 0.25) is 0 Å². The molecule has 2 aromatic rings. The largest absolute Gasteiger partial charge is 0.479 e. The second-order valence-corrected chi connectivity index (χ2v) is 3.53. The molecule has 2 rings (SSSR count). The third kappa shape index (κ3) is 1.68. The van der Waals surface area contributed by atoms with Gasteiger partial charge in [-0.25, -0.2) is 14.5 Å². The van der Waals surface area contributed by atoms with E-state index in [1.165, 1.54) is 12.7 Å². The normalized spacial score (nSPS) is 14.2. The molecule has 1 heterocycles. The first-order chi connectivity index (χ1) is 8.21. The van der Waals surface area contributed by atoms with Crippen LogP contribution in [0.1, 0.15) is 5.56 Å². The maximum atomic E-state index is 11.5. The first-order valence-electron chi connectivity index (χ1n) is 4.96. The van der Waals surface area contributed by atoms with Crippen molar-refractivity contribution in [2.45, 2.75) is 5.54 Å². The van der Waals surface area contributed by atoms with E-state index in [1.54, 1.807) is 30.3 Å². The van der Waals surface area contributed by atoms with Crippen molar-refractivity contribution in [1.29, 1.82) is 0 Å². The molecule has 0 saturated heterocycles. The number of nitrogens with zero attached hydrogens (tertiary/aromatic N) is 3. The van der Waals surface area contributed by atoms with Crippen molar-refractivity contribution in [3.8, 4) is 0 Å². The number of hydrogen-bond donors (Lipinski definition) is 2. The Balaban J connectivity index is 2.63. The van der Waals surface area contributed by atoms with E-state index in [1.807, 2.05) is 0 Å². The lowest BCUT2D eigenvalue weighted by atomic mass is 9.91. The van der Waals surface area contributed by atoms with Crippen LogP contribution in [0.3, 0.4) is 0 Å². The van der Waals surface area contributed by atoms with Gasteiger partial charge in [-0.1, -0.05) is 30.3 Å². The average molecular weight is 233 g/mol.